The minimum Gasteiger partial charge on any atom is -0.444 e. The summed E-state index contributed by atoms with van der Waals surface area (Å²) >= 11 is 0. The first kappa shape index (κ1) is 21.0. The number of amides is 2. The van der Waals surface area contributed by atoms with Crippen molar-refractivity contribution in [2.75, 3.05) is 31.1 Å². The molecule has 0 unspecified atom stereocenters. The van der Waals surface area contributed by atoms with Gasteiger partial charge in [-0.25, -0.2) is 4.79 Å². The molecule has 4 fully saturated rings. The molecule has 5 rings (SSSR count). The molecule has 0 radical (unpaired) electrons. The van der Waals surface area contributed by atoms with Crippen LogP contribution < -0.4 is 10.2 Å². The average molecular weight is 429 g/mol. The quantitative estimate of drug-likeness (QED) is 0.794. The number of hydrogen-bond donors (Lipinski definition) is 1. The van der Waals surface area contributed by atoms with Gasteiger partial charge in [0.1, 0.15) is 5.60 Å². The van der Waals surface area contributed by atoms with Crippen LogP contribution in [0.15, 0.2) is 12.4 Å². The lowest BCUT2D eigenvalue weighted by Crippen LogP contribution is -2.79. The van der Waals surface area contributed by atoms with E-state index in [2.05, 4.69) is 10.4 Å². The number of rotatable bonds is 4. The van der Waals surface area contributed by atoms with Crippen molar-refractivity contribution in [1.29, 1.82) is 0 Å². The Morgan fingerprint density at radius 1 is 1.23 bits per heavy atom. The van der Waals surface area contributed by atoms with Gasteiger partial charge in [0.2, 0.25) is 5.91 Å². The third-order valence-electron chi connectivity index (χ3n) is 5.84. The zero-order valence-corrected chi connectivity index (χ0v) is 17.3. The fourth-order valence-corrected chi connectivity index (χ4v) is 4.73. The Morgan fingerprint density at radius 2 is 1.90 bits per heavy atom. The van der Waals surface area contributed by atoms with E-state index in [-0.39, 0.29) is 36.6 Å². The Hall–Kier alpha value is -2.30. The third-order valence-corrected chi connectivity index (χ3v) is 5.84. The van der Waals surface area contributed by atoms with Gasteiger partial charge in [-0.2, -0.15) is 18.3 Å². The second-order valence-electron chi connectivity index (χ2n) is 9.68. The van der Waals surface area contributed by atoms with Gasteiger partial charge in [-0.1, -0.05) is 0 Å². The molecule has 4 aliphatic rings. The van der Waals surface area contributed by atoms with E-state index in [1.54, 1.807) is 12.4 Å². The highest BCUT2D eigenvalue weighted by Crippen LogP contribution is 2.65. The molecular weight excluding hydrogens is 403 g/mol. The van der Waals surface area contributed by atoms with Crippen LogP contribution in [-0.4, -0.2) is 70.2 Å². The summed E-state index contributed by atoms with van der Waals surface area (Å²) in [6.45, 7) is 4.44. The van der Waals surface area contributed by atoms with Gasteiger partial charge in [-0.05, 0) is 40.0 Å². The van der Waals surface area contributed by atoms with Gasteiger partial charge in [-0.3, -0.25) is 14.4 Å². The fourth-order valence-electron chi connectivity index (χ4n) is 4.73. The van der Waals surface area contributed by atoms with Crippen LogP contribution in [0.3, 0.4) is 0 Å². The van der Waals surface area contributed by atoms with E-state index < -0.39 is 24.4 Å². The van der Waals surface area contributed by atoms with Gasteiger partial charge < -0.3 is 15.0 Å². The van der Waals surface area contributed by atoms with Crippen molar-refractivity contribution < 1.29 is 27.5 Å². The third kappa shape index (κ3) is 3.99. The molecule has 3 saturated carbocycles. The standard InChI is InChI=1S/C19H26F3N5O3/c1-16(2,3)30-15(29)24-17-9-18(10-17,11-17)27-7-13(6-23-27)26-5-4-25(8-14(26)28)12-19(20,21)22/h6-7H,4-5,8-12H2,1-3H3,(H,24,29). The van der Waals surface area contributed by atoms with Crippen LogP contribution in [0.4, 0.5) is 23.7 Å². The number of ether oxygens (including phenoxy) is 1. The van der Waals surface area contributed by atoms with E-state index >= 15 is 0 Å². The van der Waals surface area contributed by atoms with Gasteiger partial charge in [0.25, 0.3) is 0 Å². The van der Waals surface area contributed by atoms with Crippen LogP contribution in [0.5, 0.6) is 0 Å². The minimum absolute atomic E-state index is 0.157. The number of aromatic nitrogens is 2. The minimum atomic E-state index is -4.32. The van der Waals surface area contributed by atoms with Crippen molar-refractivity contribution in [2.45, 2.75) is 62.9 Å². The molecule has 0 aromatic carbocycles. The molecule has 1 aromatic heterocycles. The molecule has 2 heterocycles. The molecule has 1 N–H and O–H groups in total. The number of nitrogens with one attached hydrogen (secondary N) is 1. The number of piperazine rings is 1. The monoisotopic (exact) mass is 429 g/mol. The zero-order chi connectivity index (χ0) is 21.9. The molecule has 1 saturated heterocycles. The molecular formula is C19H26F3N5O3. The first-order valence-electron chi connectivity index (χ1n) is 9.94. The van der Waals surface area contributed by atoms with Crippen molar-refractivity contribution in [3.63, 3.8) is 0 Å². The Morgan fingerprint density at radius 3 is 2.47 bits per heavy atom. The number of alkyl halides is 3. The summed E-state index contributed by atoms with van der Waals surface area (Å²) in [5.41, 5.74) is -0.425. The van der Waals surface area contributed by atoms with E-state index in [0.29, 0.717) is 5.69 Å². The van der Waals surface area contributed by atoms with Crippen LogP contribution in [0.1, 0.15) is 40.0 Å². The maximum Gasteiger partial charge on any atom is 0.408 e. The van der Waals surface area contributed by atoms with Crippen molar-refractivity contribution in [2.24, 2.45) is 0 Å². The Balaban J connectivity index is 1.32. The maximum atomic E-state index is 12.5. The molecule has 0 atom stereocenters. The van der Waals surface area contributed by atoms with E-state index in [9.17, 15) is 22.8 Å². The number of carbonyl (C=O) groups is 2. The second-order valence-corrected chi connectivity index (χ2v) is 9.68. The molecule has 11 heteroatoms. The van der Waals surface area contributed by atoms with E-state index in [1.165, 1.54) is 4.90 Å². The lowest BCUT2D eigenvalue weighted by Gasteiger charge is -2.69. The van der Waals surface area contributed by atoms with Gasteiger partial charge >= 0.3 is 12.3 Å². The number of anilines is 1. The van der Waals surface area contributed by atoms with Crippen molar-refractivity contribution in [3.8, 4) is 0 Å². The average Bonchev–Trinajstić information content (AvgIpc) is 2.95. The predicted molar refractivity (Wildman–Crippen MR) is 101 cm³/mol. The highest BCUT2D eigenvalue weighted by Gasteiger charge is 2.70. The summed E-state index contributed by atoms with van der Waals surface area (Å²) in [4.78, 5) is 27.0. The SMILES string of the molecule is CC(C)(C)OC(=O)NC12CC(n3cc(N4CCN(CC(F)(F)F)CC4=O)cn3)(C1)C2. The Bertz CT molecular complexity index is 841. The Labute approximate surface area is 172 Å². The number of halogens is 3. The molecule has 8 nitrogen and oxygen atoms in total. The fraction of sp³-hybridized carbons (Fsp3) is 0.737. The zero-order valence-electron chi connectivity index (χ0n) is 17.3. The molecule has 0 spiro atoms. The second kappa shape index (κ2) is 6.60. The molecule has 2 amide bonds. The highest BCUT2D eigenvalue weighted by atomic mass is 19.4. The van der Waals surface area contributed by atoms with Crippen molar-refractivity contribution in [1.82, 2.24) is 20.0 Å². The predicted octanol–water partition coefficient (Wildman–Crippen LogP) is 2.25. The number of nitrogens with zero attached hydrogens (tertiary/aromatic N) is 4. The van der Waals surface area contributed by atoms with Crippen LogP contribution >= 0.6 is 0 Å². The molecule has 2 bridgehead atoms. The summed E-state index contributed by atoms with van der Waals surface area (Å²) in [6.07, 6.45) is 0.786. The van der Waals surface area contributed by atoms with E-state index in [0.717, 1.165) is 24.2 Å². The van der Waals surface area contributed by atoms with Gasteiger partial charge in [0.15, 0.2) is 0 Å². The summed E-state index contributed by atoms with van der Waals surface area (Å²) in [5.74, 6) is -0.370. The van der Waals surface area contributed by atoms with Gasteiger partial charge in [0, 0.05) is 19.3 Å². The van der Waals surface area contributed by atoms with E-state index in [1.807, 2.05) is 25.5 Å². The summed E-state index contributed by atoms with van der Waals surface area (Å²) < 4.78 is 44.8. The van der Waals surface area contributed by atoms with Gasteiger partial charge in [0.05, 0.1) is 36.1 Å². The van der Waals surface area contributed by atoms with Crippen molar-refractivity contribution >= 4 is 17.7 Å². The smallest absolute Gasteiger partial charge is 0.408 e. The number of hydrogen-bond acceptors (Lipinski definition) is 5. The summed E-state index contributed by atoms with van der Waals surface area (Å²) in [7, 11) is 0. The number of alkyl carbamates (subject to hydrolysis) is 1. The van der Waals surface area contributed by atoms with Gasteiger partial charge in [-0.15, -0.1) is 0 Å². The number of carbonyl (C=O) groups excluding carboxylic acids is 2. The lowest BCUT2D eigenvalue weighted by molar-refractivity contribution is -0.150. The topological polar surface area (TPSA) is 79.7 Å². The maximum absolute atomic E-state index is 12.5. The molecule has 1 aromatic rings. The van der Waals surface area contributed by atoms with Crippen LogP contribution in [0.2, 0.25) is 0 Å². The highest BCUT2D eigenvalue weighted by molar-refractivity contribution is 5.95. The largest absolute Gasteiger partial charge is 0.444 e. The molecule has 166 valence electrons. The lowest BCUT2D eigenvalue weighted by atomic mass is 9.44. The van der Waals surface area contributed by atoms with E-state index in [4.69, 9.17) is 4.74 Å². The first-order chi connectivity index (χ1) is 13.8. The normalized spacial score (nSPS) is 29.3. The molecule has 3 aliphatic carbocycles. The summed E-state index contributed by atoms with van der Waals surface area (Å²) in [6, 6.07) is 0. The molecule has 1 aliphatic heterocycles. The Kier molecular flexibility index (Phi) is 4.61. The van der Waals surface area contributed by atoms with Crippen molar-refractivity contribution in [3.05, 3.63) is 12.4 Å². The van der Waals surface area contributed by atoms with Crippen LogP contribution in [-0.2, 0) is 15.1 Å². The summed E-state index contributed by atoms with van der Waals surface area (Å²) in [5, 5.41) is 7.34. The van der Waals surface area contributed by atoms with Crippen LogP contribution in [0.25, 0.3) is 0 Å². The molecule has 30 heavy (non-hydrogen) atoms. The van der Waals surface area contributed by atoms with Crippen LogP contribution in [0, 0.1) is 0 Å². The first-order valence-corrected chi connectivity index (χ1v) is 9.94.